The van der Waals surface area contributed by atoms with Gasteiger partial charge in [0.25, 0.3) is 0 Å². The first-order valence-electron chi connectivity index (χ1n) is 3.94. The van der Waals surface area contributed by atoms with Gasteiger partial charge in [-0.2, -0.15) is 13.2 Å². The van der Waals surface area contributed by atoms with Crippen LogP contribution in [0.25, 0.3) is 0 Å². The topological polar surface area (TPSA) is 9.23 Å². The summed E-state index contributed by atoms with van der Waals surface area (Å²) in [6, 6.07) is 3.94. The molecule has 0 radical (unpaired) electrons. The first-order chi connectivity index (χ1) is 6.45. The van der Waals surface area contributed by atoms with Gasteiger partial charge in [0.2, 0.25) is 0 Å². The molecule has 0 heterocycles. The van der Waals surface area contributed by atoms with Crippen molar-refractivity contribution in [3.63, 3.8) is 0 Å². The van der Waals surface area contributed by atoms with E-state index in [9.17, 15) is 13.2 Å². The maximum Gasteiger partial charge on any atom is 0.417 e. The molecular weight excluding hydrogens is 308 g/mol. The first-order valence-corrected chi connectivity index (χ1v) is 5.02. The Hall–Kier alpha value is -0.460. The van der Waals surface area contributed by atoms with Gasteiger partial charge >= 0.3 is 6.18 Å². The van der Waals surface area contributed by atoms with Crippen LogP contribution in [0.3, 0.4) is 0 Å². The van der Waals surface area contributed by atoms with Crippen molar-refractivity contribution in [1.29, 1.82) is 0 Å². The summed E-state index contributed by atoms with van der Waals surface area (Å²) in [6.45, 7) is 2.09. The average Bonchev–Trinajstić information content (AvgIpc) is 2.07. The lowest BCUT2D eigenvalue weighted by atomic mass is 10.2. The van der Waals surface area contributed by atoms with Crippen LogP contribution in [-0.4, -0.2) is 6.61 Å². The van der Waals surface area contributed by atoms with Crippen molar-refractivity contribution in [2.24, 2.45) is 0 Å². The van der Waals surface area contributed by atoms with Crippen molar-refractivity contribution >= 4 is 22.6 Å². The smallest absolute Gasteiger partial charge is 0.417 e. The molecular formula is C9H8F3IO. The summed E-state index contributed by atoms with van der Waals surface area (Å²) < 4.78 is 42.4. The molecule has 0 saturated heterocycles. The fourth-order valence-electron chi connectivity index (χ4n) is 0.978. The molecule has 0 aliphatic rings. The van der Waals surface area contributed by atoms with E-state index in [1.165, 1.54) is 12.1 Å². The molecule has 1 rings (SSSR count). The van der Waals surface area contributed by atoms with E-state index in [2.05, 4.69) is 0 Å². The summed E-state index contributed by atoms with van der Waals surface area (Å²) in [5.74, 6) is 0.250. The Bertz CT molecular complexity index is 322. The summed E-state index contributed by atoms with van der Waals surface area (Å²) in [6.07, 6.45) is -4.32. The Balaban J connectivity index is 3.09. The van der Waals surface area contributed by atoms with Crippen molar-refractivity contribution in [2.45, 2.75) is 13.1 Å². The molecule has 78 valence electrons. The molecule has 0 aliphatic carbocycles. The molecule has 5 heteroatoms. The van der Waals surface area contributed by atoms with Gasteiger partial charge in [-0.3, -0.25) is 0 Å². The third-order valence-corrected chi connectivity index (χ3v) is 2.49. The molecule has 1 nitrogen and oxygen atoms in total. The van der Waals surface area contributed by atoms with Gasteiger partial charge in [-0.15, -0.1) is 0 Å². The first kappa shape index (κ1) is 11.6. The van der Waals surface area contributed by atoms with Gasteiger partial charge in [0.1, 0.15) is 5.75 Å². The summed E-state index contributed by atoms with van der Waals surface area (Å²) in [5, 5.41) is 0. The molecule has 0 spiro atoms. The fraction of sp³-hybridized carbons (Fsp3) is 0.333. The van der Waals surface area contributed by atoms with Crippen molar-refractivity contribution in [2.75, 3.05) is 6.61 Å². The van der Waals surface area contributed by atoms with Crippen LogP contribution in [-0.2, 0) is 6.18 Å². The minimum Gasteiger partial charge on any atom is -0.494 e. The molecule has 14 heavy (non-hydrogen) atoms. The van der Waals surface area contributed by atoms with E-state index in [-0.39, 0.29) is 9.32 Å². The van der Waals surface area contributed by atoms with Crippen LogP contribution >= 0.6 is 22.6 Å². The minimum atomic E-state index is -4.32. The number of rotatable bonds is 2. The van der Waals surface area contributed by atoms with Crippen LogP contribution in [0.5, 0.6) is 5.75 Å². The van der Waals surface area contributed by atoms with E-state index in [4.69, 9.17) is 4.74 Å². The SMILES string of the molecule is CCOc1ccc(I)c(C(F)(F)F)c1. The summed E-state index contributed by atoms with van der Waals surface area (Å²) >= 11 is 1.66. The molecule has 1 aromatic carbocycles. The van der Waals surface area contributed by atoms with Gasteiger partial charge in [-0.05, 0) is 47.7 Å². The number of halogens is 4. The Labute approximate surface area is 93.4 Å². The zero-order valence-electron chi connectivity index (χ0n) is 7.36. The van der Waals surface area contributed by atoms with Gasteiger partial charge in [0.05, 0.1) is 12.2 Å². The highest BCUT2D eigenvalue weighted by Gasteiger charge is 2.33. The van der Waals surface area contributed by atoms with Crippen LogP contribution in [0.1, 0.15) is 12.5 Å². The van der Waals surface area contributed by atoms with E-state index < -0.39 is 11.7 Å². The Morgan fingerprint density at radius 2 is 2.00 bits per heavy atom. The minimum absolute atomic E-state index is 0.179. The predicted octanol–water partition coefficient (Wildman–Crippen LogP) is 3.71. The Morgan fingerprint density at radius 1 is 1.36 bits per heavy atom. The molecule has 0 aromatic heterocycles. The summed E-state index contributed by atoms with van der Waals surface area (Å²) in [5.41, 5.74) is -0.649. The molecule has 1 aromatic rings. The molecule has 0 amide bonds. The van der Waals surface area contributed by atoms with E-state index in [1.807, 2.05) is 0 Å². The van der Waals surface area contributed by atoms with Crippen molar-refractivity contribution in [1.82, 2.24) is 0 Å². The summed E-state index contributed by atoms with van der Waals surface area (Å²) in [4.78, 5) is 0. The van der Waals surface area contributed by atoms with Crippen LogP contribution < -0.4 is 4.74 Å². The maximum absolute atomic E-state index is 12.4. The molecule has 0 unspecified atom stereocenters. The second-order valence-corrected chi connectivity index (χ2v) is 3.73. The van der Waals surface area contributed by atoms with E-state index in [0.29, 0.717) is 6.61 Å². The van der Waals surface area contributed by atoms with Gasteiger partial charge in [0.15, 0.2) is 0 Å². The molecule has 0 aliphatic heterocycles. The average molecular weight is 316 g/mol. The second-order valence-electron chi connectivity index (χ2n) is 2.57. The fourth-order valence-corrected chi connectivity index (χ4v) is 1.62. The lowest BCUT2D eigenvalue weighted by molar-refractivity contribution is -0.138. The van der Waals surface area contributed by atoms with E-state index in [1.54, 1.807) is 29.5 Å². The lowest BCUT2D eigenvalue weighted by Crippen LogP contribution is -2.08. The molecule has 0 fully saturated rings. The Morgan fingerprint density at radius 3 is 2.50 bits per heavy atom. The number of hydrogen-bond acceptors (Lipinski definition) is 1. The highest BCUT2D eigenvalue weighted by molar-refractivity contribution is 14.1. The molecule has 0 N–H and O–H groups in total. The Kier molecular flexibility index (Phi) is 3.63. The highest BCUT2D eigenvalue weighted by Crippen LogP contribution is 2.34. The van der Waals surface area contributed by atoms with Crippen LogP contribution in [0.15, 0.2) is 18.2 Å². The van der Waals surface area contributed by atoms with Gasteiger partial charge in [0, 0.05) is 3.57 Å². The second kappa shape index (κ2) is 4.37. The number of ether oxygens (including phenoxy) is 1. The highest BCUT2D eigenvalue weighted by atomic mass is 127. The largest absolute Gasteiger partial charge is 0.494 e. The monoisotopic (exact) mass is 316 g/mol. The lowest BCUT2D eigenvalue weighted by Gasteiger charge is -2.11. The molecule has 0 saturated carbocycles. The normalized spacial score (nSPS) is 11.5. The zero-order chi connectivity index (χ0) is 10.8. The third kappa shape index (κ3) is 2.76. The van der Waals surface area contributed by atoms with Gasteiger partial charge < -0.3 is 4.74 Å². The van der Waals surface area contributed by atoms with Crippen LogP contribution in [0.2, 0.25) is 0 Å². The van der Waals surface area contributed by atoms with Crippen LogP contribution in [0.4, 0.5) is 13.2 Å². The maximum atomic E-state index is 12.4. The quantitative estimate of drug-likeness (QED) is 0.756. The zero-order valence-corrected chi connectivity index (χ0v) is 9.52. The van der Waals surface area contributed by atoms with Gasteiger partial charge in [-0.1, -0.05) is 0 Å². The van der Waals surface area contributed by atoms with Crippen molar-refractivity contribution < 1.29 is 17.9 Å². The van der Waals surface area contributed by atoms with Crippen molar-refractivity contribution in [3.05, 3.63) is 27.3 Å². The van der Waals surface area contributed by atoms with Gasteiger partial charge in [-0.25, -0.2) is 0 Å². The third-order valence-electron chi connectivity index (χ3n) is 1.55. The van der Waals surface area contributed by atoms with E-state index in [0.717, 1.165) is 6.07 Å². The van der Waals surface area contributed by atoms with Crippen LogP contribution in [0, 0.1) is 3.57 Å². The molecule has 0 bridgehead atoms. The number of hydrogen-bond donors (Lipinski definition) is 0. The summed E-state index contributed by atoms with van der Waals surface area (Å²) in [7, 11) is 0. The number of benzene rings is 1. The predicted molar refractivity (Wildman–Crippen MR) is 55.3 cm³/mol. The van der Waals surface area contributed by atoms with Crippen molar-refractivity contribution in [3.8, 4) is 5.75 Å². The molecule has 0 atom stereocenters. The standard InChI is InChI=1S/C9H8F3IO/c1-2-14-6-3-4-8(13)7(5-6)9(10,11)12/h3-5H,2H2,1H3. The number of alkyl halides is 3. The van der Waals surface area contributed by atoms with E-state index >= 15 is 0 Å².